The van der Waals surface area contributed by atoms with E-state index < -0.39 is 0 Å². The number of aromatic nitrogens is 2. The molecule has 0 aliphatic carbocycles. The topological polar surface area (TPSA) is 106 Å². The summed E-state index contributed by atoms with van der Waals surface area (Å²) in [6, 6.07) is 14.6. The highest BCUT2D eigenvalue weighted by molar-refractivity contribution is 6.35. The number of nitrogen functional groups attached to an aromatic ring is 1. The molecule has 0 radical (unpaired) electrons. The molecule has 2 heterocycles. The van der Waals surface area contributed by atoms with Crippen LogP contribution in [0.3, 0.4) is 0 Å². The van der Waals surface area contributed by atoms with Gasteiger partial charge in [-0.1, -0.05) is 29.3 Å². The number of hydrogen-bond donors (Lipinski definition) is 3. The highest BCUT2D eigenvalue weighted by Crippen LogP contribution is 2.29. The first-order valence-corrected chi connectivity index (χ1v) is 11.4. The van der Waals surface area contributed by atoms with Gasteiger partial charge in [0.1, 0.15) is 18.1 Å². The minimum absolute atomic E-state index is 0.151. The zero-order chi connectivity index (χ0) is 24.8. The lowest BCUT2D eigenvalue weighted by Gasteiger charge is -2.15. The largest absolute Gasteiger partial charge is 0.497 e. The zero-order valence-corrected chi connectivity index (χ0v) is 20.4. The van der Waals surface area contributed by atoms with Crippen molar-refractivity contribution in [2.24, 2.45) is 0 Å². The number of pyridine rings is 2. The van der Waals surface area contributed by atoms with Crippen LogP contribution >= 0.6 is 23.2 Å². The number of nitrogens with zero attached hydrogens (tertiary/aromatic N) is 2. The number of halogens is 2. The van der Waals surface area contributed by atoms with Gasteiger partial charge in [-0.05, 0) is 42.0 Å². The van der Waals surface area contributed by atoms with Crippen molar-refractivity contribution < 1.29 is 9.47 Å². The molecule has 178 valence electrons. The molecular weight excluding hydrogens is 485 g/mol. The standard InChI is InChI=1S/C26H23Cl2N5O2/c1-34-20-8-17(7-18(9-20)33-12-16-3-2-6-31-11-16)26(30)21-10-19(4-5-25(21)29)35-15-22-23(27)13-32-14-24(22)28/h2-11,13-14,30,33H,12,15,29H2,1H3. The molecule has 4 aromatic rings. The van der Waals surface area contributed by atoms with E-state index in [-0.39, 0.29) is 12.3 Å². The lowest BCUT2D eigenvalue weighted by Crippen LogP contribution is -2.08. The average molecular weight is 508 g/mol. The molecule has 0 fully saturated rings. The second kappa shape index (κ2) is 11.1. The van der Waals surface area contributed by atoms with Gasteiger partial charge in [-0.3, -0.25) is 15.4 Å². The third-order valence-corrected chi connectivity index (χ3v) is 5.93. The first-order chi connectivity index (χ1) is 16.9. The third-order valence-electron chi connectivity index (χ3n) is 5.28. The normalized spacial score (nSPS) is 10.6. The molecule has 0 saturated carbocycles. The van der Waals surface area contributed by atoms with Crippen molar-refractivity contribution in [3.8, 4) is 11.5 Å². The van der Waals surface area contributed by atoms with Crippen LogP contribution in [-0.4, -0.2) is 22.8 Å². The molecule has 0 aliphatic rings. The highest BCUT2D eigenvalue weighted by Gasteiger charge is 2.14. The number of anilines is 2. The first-order valence-electron chi connectivity index (χ1n) is 10.7. The van der Waals surface area contributed by atoms with Crippen LogP contribution in [0.4, 0.5) is 11.4 Å². The SMILES string of the molecule is COc1cc(NCc2cccnc2)cc(C(=N)c2cc(OCc3c(Cl)cncc3Cl)ccc2N)c1. The maximum absolute atomic E-state index is 8.86. The van der Waals surface area contributed by atoms with E-state index in [1.807, 2.05) is 24.3 Å². The molecule has 0 atom stereocenters. The second-order valence-corrected chi connectivity index (χ2v) is 8.47. The number of nitrogens with two attached hydrogens (primary N) is 1. The van der Waals surface area contributed by atoms with E-state index in [9.17, 15) is 0 Å². The Bertz CT molecular complexity index is 1330. The Hall–Kier alpha value is -3.81. The summed E-state index contributed by atoms with van der Waals surface area (Å²) in [7, 11) is 1.59. The van der Waals surface area contributed by atoms with Crippen LogP contribution in [0.25, 0.3) is 0 Å². The van der Waals surface area contributed by atoms with Crippen molar-refractivity contribution in [2.45, 2.75) is 13.2 Å². The van der Waals surface area contributed by atoms with Crippen LogP contribution in [0, 0.1) is 5.41 Å². The summed E-state index contributed by atoms with van der Waals surface area (Å²) in [5, 5.41) is 13.1. The third kappa shape index (κ3) is 6.01. The summed E-state index contributed by atoms with van der Waals surface area (Å²) >= 11 is 12.4. The smallest absolute Gasteiger partial charge is 0.121 e. The predicted octanol–water partition coefficient (Wildman–Crippen LogP) is 5.98. The molecule has 2 aromatic carbocycles. The van der Waals surface area contributed by atoms with Gasteiger partial charge in [0.05, 0.1) is 22.9 Å². The van der Waals surface area contributed by atoms with Gasteiger partial charge in [0, 0.05) is 65.5 Å². The van der Waals surface area contributed by atoms with Crippen LogP contribution in [0.1, 0.15) is 22.3 Å². The van der Waals surface area contributed by atoms with Crippen molar-refractivity contribution in [1.29, 1.82) is 5.41 Å². The number of benzene rings is 2. The lowest BCUT2D eigenvalue weighted by atomic mass is 9.99. The van der Waals surface area contributed by atoms with Gasteiger partial charge in [-0.15, -0.1) is 0 Å². The predicted molar refractivity (Wildman–Crippen MR) is 140 cm³/mol. The molecule has 0 unspecified atom stereocenters. The van der Waals surface area contributed by atoms with Gasteiger partial charge < -0.3 is 20.5 Å². The summed E-state index contributed by atoms with van der Waals surface area (Å²) in [5.41, 5.74) is 10.6. The Balaban J connectivity index is 1.56. The fourth-order valence-corrected chi connectivity index (χ4v) is 3.87. The van der Waals surface area contributed by atoms with Crippen molar-refractivity contribution in [1.82, 2.24) is 9.97 Å². The molecule has 7 nitrogen and oxygen atoms in total. The number of rotatable bonds is 9. The molecular formula is C26H23Cl2N5O2. The molecule has 0 spiro atoms. The molecule has 4 N–H and O–H groups in total. The Morgan fingerprint density at radius 2 is 1.80 bits per heavy atom. The van der Waals surface area contributed by atoms with Crippen LogP contribution in [0.5, 0.6) is 11.5 Å². The van der Waals surface area contributed by atoms with E-state index in [4.69, 9.17) is 43.8 Å². The van der Waals surface area contributed by atoms with Gasteiger partial charge >= 0.3 is 0 Å². The van der Waals surface area contributed by atoms with Crippen LogP contribution in [0.15, 0.2) is 73.3 Å². The van der Waals surface area contributed by atoms with Gasteiger partial charge in [-0.2, -0.15) is 0 Å². The summed E-state index contributed by atoms with van der Waals surface area (Å²) in [5.74, 6) is 1.15. The van der Waals surface area contributed by atoms with E-state index in [1.165, 1.54) is 12.4 Å². The van der Waals surface area contributed by atoms with Crippen molar-refractivity contribution in [3.63, 3.8) is 0 Å². The highest BCUT2D eigenvalue weighted by atomic mass is 35.5. The van der Waals surface area contributed by atoms with Crippen molar-refractivity contribution in [3.05, 3.63) is 106 Å². The van der Waals surface area contributed by atoms with E-state index in [0.29, 0.717) is 50.5 Å². The fourth-order valence-electron chi connectivity index (χ4n) is 3.40. The molecule has 9 heteroatoms. The monoisotopic (exact) mass is 507 g/mol. The lowest BCUT2D eigenvalue weighted by molar-refractivity contribution is 0.306. The fraction of sp³-hybridized carbons (Fsp3) is 0.115. The van der Waals surface area contributed by atoms with Crippen LogP contribution in [0.2, 0.25) is 10.0 Å². The van der Waals surface area contributed by atoms with E-state index in [2.05, 4.69) is 15.3 Å². The average Bonchev–Trinajstić information content (AvgIpc) is 2.88. The molecule has 0 amide bonds. The Labute approximate surface area is 213 Å². The van der Waals surface area contributed by atoms with E-state index in [1.54, 1.807) is 43.8 Å². The quantitative estimate of drug-likeness (QED) is 0.190. The number of nitrogens with one attached hydrogen (secondary N) is 2. The molecule has 0 aliphatic heterocycles. The molecule has 0 bridgehead atoms. The van der Waals surface area contributed by atoms with E-state index >= 15 is 0 Å². The minimum atomic E-state index is 0.151. The zero-order valence-electron chi connectivity index (χ0n) is 18.9. The molecule has 35 heavy (non-hydrogen) atoms. The Morgan fingerprint density at radius 3 is 2.51 bits per heavy atom. The Kier molecular flexibility index (Phi) is 7.70. The summed E-state index contributed by atoms with van der Waals surface area (Å²) in [6.07, 6.45) is 6.56. The van der Waals surface area contributed by atoms with Gasteiger partial charge in [0.25, 0.3) is 0 Å². The van der Waals surface area contributed by atoms with Crippen LogP contribution in [-0.2, 0) is 13.2 Å². The maximum atomic E-state index is 8.86. The van der Waals surface area contributed by atoms with Crippen LogP contribution < -0.4 is 20.5 Å². The van der Waals surface area contributed by atoms with E-state index in [0.717, 1.165) is 11.3 Å². The van der Waals surface area contributed by atoms with Gasteiger partial charge in [0.2, 0.25) is 0 Å². The summed E-state index contributed by atoms with van der Waals surface area (Å²) in [4.78, 5) is 8.09. The van der Waals surface area contributed by atoms with Gasteiger partial charge in [0.15, 0.2) is 0 Å². The number of hydrogen-bond acceptors (Lipinski definition) is 7. The van der Waals surface area contributed by atoms with Gasteiger partial charge in [-0.25, -0.2) is 0 Å². The first kappa shape index (κ1) is 24.3. The maximum Gasteiger partial charge on any atom is 0.121 e. The summed E-state index contributed by atoms with van der Waals surface area (Å²) < 4.78 is 11.4. The number of methoxy groups -OCH3 is 1. The molecule has 2 aromatic heterocycles. The second-order valence-electron chi connectivity index (χ2n) is 7.66. The molecule has 0 saturated heterocycles. The minimum Gasteiger partial charge on any atom is -0.497 e. The van der Waals surface area contributed by atoms with Crippen molar-refractivity contribution in [2.75, 3.05) is 18.2 Å². The summed E-state index contributed by atoms with van der Waals surface area (Å²) in [6.45, 7) is 0.734. The Morgan fingerprint density at radius 1 is 1.00 bits per heavy atom. The number of ether oxygens (including phenoxy) is 2. The molecule has 4 rings (SSSR count). The van der Waals surface area contributed by atoms with Crippen molar-refractivity contribution >= 4 is 40.3 Å².